The van der Waals surface area contributed by atoms with Crippen molar-refractivity contribution >= 4 is 74.0 Å². The van der Waals surface area contributed by atoms with Crippen molar-refractivity contribution in [1.82, 2.24) is 25.1 Å². The number of amides is 1. The van der Waals surface area contributed by atoms with Crippen LogP contribution in [0.15, 0.2) is 97.9 Å². The molecule has 1 amide bonds. The number of thioether (sulfide) groups is 2. The number of halogens is 1. The molecule has 5 rings (SSSR count). The van der Waals surface area contributed by atoms with E-state index >= 15 is 0 Å². The van der Waals surface area contributed by atoms with Gasteiger partial charge >= 0.3 is 0 Å². The first-order chi connectivity index (χ1) is 20.0. The number of nitrogens with zero attached hydrogens (tertiary/aromatic N) is 6. The largest absolute Gasteiger partial charge is 0.457 e. The number of ether oxygens (including phenoxy) is 1. The van der Waals surface area contributed by atoms with E-state index < -0.39 is 0 Å². The Kier molecular flexibility index (Phi) is 9.85. The molecule has 0 aliphatic rings. The van der Waals surface area contributed by atoms with Gasteiger partial charge in [-0.25, -0.2) is 10.1 Å². The number of hydrazone groups is 1. The molecule has 3 aromatic carbocycles. The van der Waals surface area contributed by atoms with Crippen LogP contribution in [0.25, 0.3) is 0 Å². The van der Waals surface area contributed by atoms with Crippen LogP contribution >= 0.6 is 50.8 Å². The van der Waals surface area contributed by atoms with E-state index in [1.807, 2.05) is 72.8 Å². The Bertz CT molecular complexity index is 1650. The molecule has 11 nitrogen and oxygen atoms in total. The first-order valence-corrected chi connectivity index (χ1v) is 15.6. The Hall–Kier alpha value is -3.92. The standard InChI is InChI=1S/C26H22BrN9O2S3/c27-19-8-4-7-18(12-19)15-40-26-35-33-24(41-26)30-22(37)16-39-25-34-32-23(36(25)28)31-29-14-17-6-5-11-21(13-17)38-20-9-2-1-3-10-20/h1-14H,15-16,28H2,(H,31,32)(H,30,33,37)/b29-14+. The van der Waals surface area contributed by atoms with Crippen molar-refractivity contribution < 1.29 is 9.53 Å². The third-order valence-corrected chi connectivity index (χ3v) is 8.60. The molecule has 0 atom stereocenters. The van der Waals surface area contributed by atoms with Crippen molar-refractivity contribution in [3.05, 3.63) is 94.5 Å². The van der Waals surface area contributed by atoms with Gasteiger partial charge < -0.3 is 10.6 Å². The predicted octanol–water partition coefficient (Wildman–Crippen LogP) is 5.87. The van der Waals surface area contributed by atoms with Gasteiger partial charge in [-0.3, -0.25) is 10.1 Å². The van der Waals surface area contributed by atoms with Crippen LogP contribution in [-0.4, -0.2) is 42.9 Å². The summed E-state index contributed by atoms with van der Waals surface area (Å²) in [7, 11) is 0. The molecule has 0 bridgehead atoms. The summed E-state index contributed by atoms with van der Waals surface area (Å²) in [6.07, 6.45) is 1.61. The van der Waals surface area contributed by atoms with Gasteiger partial charge in [0, 0.05) is 10.2 Å². The minimum absolute atomic E-state index is 0.0624. The maximum atomic E-state index is 12.4. The minimum atomic E-state index is -0.261. The van der Waals surface area contributed by atoms with E-state index in [4.69, 9.17) is 10.6 Å². The number of hydrogen-bond donors (Lipinski definition) is 3. The summed E-state index contributed by atoms with van der Waals surface area (Å²) >= 11 is 7.48. The summed E-state index contributed by atoms with van der Waals surface area (Å²) in [6.45, 7) is 0. The van der Waals surface area contributed by atoms with Crippen molar-refractivity contribution in [3.8, 4) is 11.5 Å². The maximum absolute atomic E-state index is 12.4. The second-order valence-electron chi connectivity index (χ2n) is 8.16. The highest BCUT2D eigenvalue weighted by Crippen LogP contribution is 2.29. The van der Waals surface area contributed by atoms with E-state index in [2.05, 4.69) is 58.2 Å². The molecule has 15 heteroatoms. The highest BCUT2D eigenvalue weighted by Gasteiger charge is 2.14. The highest BCUT2D eigenvalue weighted by molar-refractivity contribution is 9.10. The van der Waals surface area contributed by atoms with Crippen molar-refractivity contribution in [2.24, 2.45) is 5.10 Å². The number of carbonyl (C=O) groups excluding carboxylic acids is 1. The van der Waals surface area contributed by atoms with E-state index in [-0.39, 0.29) is 17.6 Å². The maximum Gasteiger partial charge on any atom is 0.264 e. The summed E-state index contributed by atoms with van der Waals surface area (Å²) in [5.41, 5.74) is 4.74. The summed E-state index contributed by atoms with van der Waals surface area (Å²) in [4.78, 5) is 12.4. The topological polar surface area (TPSA) is 145 Å². The molecule has 0 aliphatic heterocycles. The molecule has 0 radical (unpaired) electrons. The van der Waals surface area contributed by atoms with Gasteiger partial charge in [0.25, 0.3) is 5.95 Å². The third-order valence-electron chi connectivity index (χ3n) is 5.12. The van der Waals surface area contributed by atoms with Crippen molar-refractivity contribution in [1.29, 1.82) is 0 Å². The van der Waals surface area contributed by atoms with Gasteiger partial charge in [-0.15, -0.1) is 20.4 Å². The molecule has 0 saturated heterocycles. The lowest BCUT2D eigenvalue weighted by molar-refractivity contribution is -0.113. The average molecular weight is 669 g/mol. The molecule has 2 aromatic heterocycles. The monoisotopic (exact) mass is 667 g/mol. The van der Waals surface area contributed by atoms with E-state index in [9.17, 15) is 4.79 Å². The van der Waals surface area contributed by atoms with Crippen molar-refractivity contribution in [2.45, 2.75) is 15.2 Å². The van der Waals surface area contributed by atoms with Crippen LogP contribution in [0.4, 0.5) is 11.1 Å². The Morgan fingerprint density at radius 3 is 2.68 bits per heavy atom. The zero-order valence-corrected chi connectivity index (χ0v) is 25.2. The molecule has 0 fully saturated rings. The lowest BCUT2D eigenvalue weighted by Crippen LogP contribution is -2.16. The number of rotatable bonds is 12. The molecule has 0 aliphatic carbocycles. The number of nitrogen functional groups attached to an aromatic ring is 1. The minimum Gasteiger partial charge on any atom is -0.457 e. The van der Waals surface area contributed by atoms with Gasteiger partial charge in [-0.2, -0.15) is 5.10 Å². The van der Waals surface area contributed by atoms with Gasteiger partial charge in [0.05, 0.1) is 12.0 Å². The number of aromatic nitrogens is 5. The Labute approximate surface area is 256 Å². The summed E-state index contributed by atoms with van der Waals surface area (Å²) in [6, 6.07) is 25.1. The Morgan fingerprint density at radius 1 is 1.00 bits per heavy atom. The van der Waals surface area contributed by atoms with E-state index in [0.717, 1.165) is 43.2 Å². The van der Waals surface area contributed by atoms with Gasteiger partial charge in [0.1, 0.15) is 11.5 Å². The molecule has 41 heavy (non-hydrogen) atoms. The second-order valence-corrected chi connectivity index (χ2v) is 12.2. The van der Waals surface area contributed by atoms with Gasteiger partial charge in [0.15, 0.2) is 4.34 Å². The fourth-order valence-electron chi connectivity index (χ4n) is 3.28. The SMILES string of the molecule is Nn1c(N/N=C/c2cccc(Oc3ccccc3)c2)nnc1SCC(=O)Nc1nnc(SCc2cccc(Br)c2)s1. The normalized spacial score (nSPS) is 11.0. The number of para-hydroxylation sites is 1. The summed E-state index contributed by atoms with van der Waals surface area (Å²) in [5, 5.41) is 23.9. The molecule has 208 valence electrons. The second kappa shape index (κ2) is 14.1. The first kappa shape index (κ1) is 28.6. The molecule has 4 N–H and O–H groups in total. The van der Waals surface area contributed by atoms with E-state index in [1.165, 1.54) is 16.0 Å². The number of nitrogens with two attached hydrogens (primary N) is 1. The molecule has 0 unspecified atom stereocenters. The molecular weight excluding hydrogens is 646 g/mol. The van der Waals surface area contributed by atoms with Crippen LogP contribution in [0.2, 0.25) is 0 Å². The predicted molar refractivity (Wildman–Crippen MR) is 167 cm³/mol. The molecular formula is C26H22BrN9O2S3. The number of anilines is 2. The fraction of sp³-hybridized carbons (Fsp3) is 0.0769. The third kappa shape index (κ3) is 8.53. The lowest BCUT2D eigenvalue weighted by Gasteiger charge is -2.06. The van der Waals surface area contributed by atoms with E-state index in [0.29, 0.717) is 16.0 Å². The Morgan fingerprint density at radius 2 is 1.83 bits per heavy atom. The van der Waals surface area contributed by atoms with Crippen LogP contribution in [0.3, 0.4) is 0 Å². The van der Waals surface area contributed by atoms with Crippen LogP contribution < -0.4 is 21.3 Å². The summed E-state index contributed by atoms with van der Waals surface area (Å²) < 4.78 is 8.87. The van der Waals surface area contributed by atoms with Crippen LogP contribution in [-0.2, 0) is 10.5 Å². The van der Waals surface area contributed by atoms with Gasteiger partial charge in [-0.1, -0.05) is 93.3 Å². The fourth-order valence-corrected chi connectivity index (χ4v) is 6.09. The highest BCUT2D eigenvalue weighted by atomic mass is 79.9. The molecule has 5 aromatic rings. The number of nitrogens with one attached hydrogen (secondary N) is 2. The lowest BCUT2D eigenvalue weighted by atomic mass is 10.2. The van der Waals surface area contributed by atoms with E-state index in [1.54, 1.807) is 18.0 Å². The van der Waals surface area contributed by atoms with Crippen LogP contribution in [0.5, 0.6) is 11.5 Å². The van der Waals surface area contributed by atoms with Crippen molar-refractivity contribution in [2.75, 3.05) is 22.3 Å². The number of benzene rings is 3. The smallest absolute Gasteiger partial charge is 0.264 e. The molecule has 0 spiro atoms. The first-order valence-electron chi connectivity index (χ1n) is 12.0. The van der Waals surface area contributed by atoms with Crippen LogP contribution in [0, 0.1) is 0 Å². The zero-order chi connectivity index (χ0) is 28.4. The number of hydrogen-bond acceptors (Lipinski definition) is 12. The molecule has 0 saturated carbocycles. The van der Waals surface area contributed by atoms with Gasteiger partial charge in [-0.05, 0) is 47.5 Å². The van der Waals surface area contributed by atoms with Crippen molar-refractivity contribution in [3.63, 3.8) is 0 Å². The summed E-state index contributed by atoms with van der Waals surface area (Å²) in [5.74, 6) is 8.28. The zero-order valence-electron chi connectivity index (χ0n) is 21.2. The number of carbonyl (C=O) groups is 1. The quantitative estimate of drug-likeness (QED) is 0.0486. The van der Waals surface area contributed by atoms with Crippen LogP contribution in [0.1, 0.15) is 11.1 Å². The Balaban J connectivity index is 1.08. The average Bonchev–Trinajstić information content (AvgIpc) is 3.57. The molecule has 2 heterocycles. The van der Waals surface area contributed by atoms with Gasteiger partial charge in [0.2, 0.25) is 16.2 Å².